The Bertz CT molecular complexity index is 230. The van der Waals surface area contributed by atoms with E-state index in [0.29, 0.717) is 19.0 Å². The summed E-state index contributed by atoms with van der Waals surface area (Å²) in [5, 5.41) is 0. The van der Waals surface area contributed by atoms with E-state index in [0.717, 1.165) is 0 Å². The van der Waals surface area contributed by atoms with E-state index in [2.05, 4.69) is 0 Å². The molecule has 0 saturated carbocycles. The van der Waals surface area contributed by atoms with Crippen LogP contribution in [0, 0.1) is 0 Å². The van der Waals surface area contributed by atoms with Crippen LogP contribution in [0.25, 0.3) is 0 Å². The first-order chi connectivity index (χ1) is 6.79. The van der Waals surface area contributed by atoms with Crippen LogP contribution in [0.2, 0.25) is 0 Å². The molecule has 4 nitrogen and oxygen atoms in total. The van der Waals surface area contributed by atoms with Gasteiger partial charge in [0.15, 0.2) is 6.29 Å². The van der Waals surface area contributed by atoms with Gasteiger partial charge in [-0.05, 0) is 26.0 Å². The van der Waals surface area contributed by atoms with Crippen molar-refractivity contribution >= 4 is 0 Å². The van der Waals surface area contributed by atoms with Gasteiger partial charge in [0, 0.05) is 13.2 Å². The first kappa shape index (κ1) is 11.2. The molecule has 80 valence electrons. The monoisotopic (exact) mass is 199 g/mol. The van der Waals surface area contributed by atoms with Crippen molar-refractivity contribution in [3.05, 3.63) is 24.2 Å². The van der Waals surface area contributed by atoms with Crippen LogP contribution in [0.3, 0.4) is 0 Å². The fourth-order valence-corrected chi connectivity index (χ4v) is 1.20. The van der Waals surface area contributed by atoms with Crippen LogP contribution < -0.4 is 5.73 Å². The van der Waals surface area contributed by atoms with Crippen molar-refractivity contribution in [3.63, 3.8) is 0 Å². The van der Waals surface area contributed by atoms with Gasteiger partial charge in [-0.25, -0.2) is 0 Å². The normalized spacial score (nSPS) is 13.4. The zero-order valence-corrected chi connectivity index (χ0v) is 8.60. The van der Waals surface area contributed by atoms with Crippen molar-refractivity contribution in [2.24, 2.45) is 5.73 Å². The van der Waals surface area contributed by atoms with E-state index in [9.17, 15) is 0 Å². The van der Waals surface area contributed by atoms with Gasteiger partial charge in [0.1, 0.15) is 11.8 Å². The zero-order chi connectivity index (χ0) is 10.4. The van der Waals surface area contributed by atoms with E-state index in [4.69, 9.17) is 19.6 Å². The minimum atomic E-state index is -0.434. The number of rotatable bonds is 6. The van der Waals surface area contributed by atoms with Crippen molar-refractivity contribution in [3.8, 4) is 0 Å². The molecule has 0 aromatic carbocycles. The lowest BCUT2D eigenvalue weighted by Gasteiger charge is -2.21. The highest BCUT2D eigenvalue weighted by atomic mass is 16.7. The lowest BCUT2D eigenvalue weighted by atomic mass is 10.2. The summed E-state index contributed by atoms with van der Waals surface area (Å²) in [7, 11) is 0. The molecule has 1 rings (SSSR count). The van der Waals surface area contributed by atoms with Crippen molar-refractivity contribution in [2.45, 2.75) is 26.2 Å². The SMILES string of the molecule is CCOC(OCC)C(N)c1ccco1. The van der Waals surface area contributed by atoms with Crippen molar-refractivity contribution in [1.29, 1.82) is 0 Å². The Labute approximate surface area is 84.0 Å². The first-order valence-electron chi connectivity index (χ1n) is 4.81. The third-order valence-corrected chi connectivity index (χ3v) is 1.83. The van der Waals surface area contributed by atoms with Gasteiger partial charge in [-0.3, -0.25) is 0 Å². The number of nitrogens with two attached hydrogens (primary N) is 1. The lowest BCUT2D eigenvalue weighted by Crippen LogP contribution is -2.31. The second-order valence-corrected chi connectivity index (χ2v) is 2.82. The molecule has 0 aliphatic carbocycles. The Balaban J connectivity index is 2.58. The van der Waals surface area contributed by atoms with Gasteiger partial charge in [0.25, 0.3) is 0 Å². The Hall–Kier alpha value is -0.840. The van der Waals surface area contributed by atoms with E-state index < -0.39 is 6.29 Å². The van der Waals surface area contributed by atoms with Crippen molar-refractivity contribution < 1.29 is 13.9 Å². The minimum Gasteiger partial charge on any atom is -0.467 e. The molecule has 1 aromatic heterocycles. The molecule has 1 aromatic rings. The van der Waals surface area contributed by atoms with Gasteiger partial charge in [-0.1, -0.05) is 0 Å². The molecule has 14 heavy (non-hydrogen) atoms. The highest BCUT2D eigenvalue weighted by Crippen LogP contribution is 2.17. The Morgan fingerprint density at radius 2 is 2.00 bits per heavy atom. The largest absolute Gasteiger partial charge is 0.467 e. The molecule has 4 heteroatoms. The first-order valence-corrected chi connectivity index (χ1v) is 4.81. The summed E-state index contributed by atoms with van der Waals surface area (Å²) < 4.78 is 15.9. The predicted molar refractivity (Wildman–Crippen MR) is 52.7 cm³/mol. The van der Waals surface area contributed by atoms with E-state index in [-0.39, 0.29) is 6.04 Å². The van der Waals surface area contributed by atoms with Crippen molar-refractivity contribution in [1.82, 2.24) is 0 Å². The standard InChI is InChI=1S/C10H17NO3/c1-3-12-10(13-4-2)9(11)8-6-5-7-14-8/h5-7,9-10H,3-4,11H2,1-2H3. The molecule has 0 aliphatic heterocycles. The van der Waals surface area contributed by atoms with Gasteiger partial charge in [-0.15, -0.1) is 0 Å². The van der Waals surface area contributed by atoms with Crippen LogP contribution >= 0.6 is 0 Å². The number of ether oxygens (including phenoxy) is 2. The second kappa shape index (κ2) is 5.80. The third kappa shape index (κ3) is 2.83. The van der Waals surface area contributed by atoms with Crippen LogP contribution in [0.15, 0.2) is 22.8 Å². The summed E-state index contributed by atoms with van der Waals surface area (Å²) in [6, 6.07) is 3.24. The Morgan fingerprint density at radius 1 is 1.36 bits per heavy atom. The fourth-order valence-electron chi connectivity index (χ4n) is 1.20. The van der Waals surface area contributed by atoms with Crippen LogP contribution in [0.1, 0.15) is 25.6 Å². The highest BCUT2D eigenvalue weighted by Gasteiger charge is 2.22. The fraction of sp³-hybridized carbons (Fsp3) is 0.600. The highest BCUT2D eigenvalue weighted by molar-refractivity contribution is 5.04. The van der Waals surface area contributed by atoms with Gasteiger partial charge in [0.2, 0.25) is 0 Å². The van der Waals surface area contributed by atoms with E-state index in [1.165, 1.54) is 0 Å². The second-order valence-electron chi connectivity index (χ2n) is 2.82. The Kier molecular flexibility index (Phi) is 4.65. The third-order valence-electron chi connectivity index (χ3n) is 1.83. The van der Waals surface area contributed by atoms with E-state index >= 15 is 0 Å². The molecule has 1 atom stereocenters. The molecule has 0 bridgehead atoms. The quantitative estimate of drug-likeness (QED) is 0.708. The molecular weight excluding hydrogens is 182 g/mol. The molecular formula is C10H17NO3. The predicted octanol–water partition coefficient (Wildman–Crippen LogP) is 1.68. The Morgan fingerprint density at radius 3 is 2.43 bits per heavy atom. The smallest absolute Gasteiger partial charge is 0.179 e. The molecule has 0 saturated heterocycles. The summed E-state index contributed by atoms with van der Waals surface area (Å²) in [6.45, 7) is 4.94. The summed E-state index contributed by atoms with van der Waals surface area (Å²) in [5.74, 6) is 0.678. The van der Waals surface area contributed by atoms with E-state index in [1.54, 1.807) is 12.3 Å². The molecule has 0 radical (unpaired) electrons. The van der Waals surface area contributed by atoms with Crippen LogP contribution in [-0.2, 0) is 9.47 Å². The maximum absolute atomic E-state index is 5.91. The molecule has 0 fully saturated rings. The van der Waals surface area contributed by atoms with E-state index in [1.807, 2.05) is 19.9 Å². The van der Waals surface area contributed by atoms with Crippen LogP contribution in [0.5, 0.6) is 0 Å². The maximum atomic E-state index is 5.91. The zero-order valence-electron chi connectivity index (χ0n) is 8.60. The van der Waals surface area contributed by atoms with Gasteiger partial charge >= 0.3 is 0 Å². The molecule has 0 aliphatic rings. The molecule has 0 spiro atoms. The summed E-state index contributed by atoms with van der Waals surface area (Å²) in [5.41, 5.74) is 5.91. The van der Waals surface area contributed by atoms with Crippen LogP contribution in [-0.4, -0.2) is 19.5 Å². The number of furan rings is 1. The van der Waals surface area contributed by atoms with Gasteiger partial charge < -0.3 is 19.6 Å². The molecule has 2 N–H and O–H groups in total. The molecule has 1 unspecified atom stereocenters. The van der Waals surface area contributed by atoms with Gasteiger partial charge in [-0.2, -0.15) is 0 Å². The number of hydrogen-bond acceptors (Lipinski definition) is 4. The van der Waals surface area contributed by atoms with Crippen molar-refractivity contribution in [2.75, 3.05) is 13.2 Å². The van der Waals surface area contributed by atoms with Gasteiger partial charge in [0.05, 0.1) is 6.26 Å². The summed E-state index contributed by atoms with van der Waals surface area (Å²) >= 11 is 0. The topological polar surface area (TPSA) is 57.6 Å². The lowest BCUT2D eigenvalue weighted by molar-refractivity contribution is -0.151. The number of hydrogen-bond donors (Lipinski definition) is 1. The summed E-state index contributed by atoms with van der Waals surface area (Å²) in [4.78, 5) is 0. The maximum Gasteiger partial charge on any atom is 0.179 e. The average molecular weight is 199 g/mol. The molecule has 1 heterocycles. The van der Waals surface area contributed by atoms with Crippen LogP contribution in [0.4, 0.5) is 0 Å². The molecule has 0 amide bonds. The average Bonchev–Trinajstić information content (AvgIpc) is 2.69. The minimum absolute atomic E-state index is 0.370. The summed E-state index contributed by atoms with van der Waals surface area (Å²) in [6.07, 6.45) is 1.15.